The van der Waals surface area contributed by atoms with Gasteiger partial charge < -0.3 is 0 Å². The summed E-state index contributed by atoms with van der Waals surface area (Å²) in [5.41, 5.74) is 3.13. The summed E-state index contributed by atoms with van der Waals surface area (Å²) in [5.74, 6) is 0. The van der Waals surface area contributed by atoms with Gasteiger partial charge in [-0.05, 0) is 12.1 Å². The monoisotopic (exact) mass is 236 g/mol. The van der Waals surface area contributed by atoms with Gasteiger partial charge in [0.15, 0.2) is 0 Å². The summed E-state index contributed by atoms with van der Waals surface area (Å²) in [6, 6.07) is 6.72. The first-order valence-corrected chi connectivity index (χ1v) is 4.56. The highest BCUT2D eigenvalue weighted by molar-refractivity contribution is 6.33. The Morgan fingerprint density at radius 2 is 1.46 bits per heavy atom. The highest BCUT2D eigenvalue weighted by atomic mass is 35.5. The van der Waals surface area contributed by atoms with Crippen molar-refractivity contribution in [3.8, 4) is 0 Å². The van der Waals surface area contributed by atoms with Crippen molar-refractivity contribution >= 4 is 41.1 Å². The normalized spacial score (nSPS) is 9.15. The first-order valence-electron chi connectivity index (χ1n) is 3.30. The molecule has 4 heteroatoms. The SMILES string of the molecule is ClC=CCl.O=Cc1ccc(Cl)cc1. The number of hydrogen-bond acceptors (Lipinski definition) is 1. The molecule has 0 aliphatic rings. The molecule has 0 atom stereocenters. The van der Waals surface area contributed by atoms with Crippen molar-refractivity contribution in [1.29, 1.82) is 0 Å². The highest BCUT2D eigenvalue weighted by Gasteiger charge is 1.86. The second kappa shape index (κ2) is 8.11. The lowest BCUT2D eigenvalue weighted by molar-refractivity contribution is 0.112. The lowest BCUT2D eigenvalue weighted by Crippen LogP contribution is -1.74. The minimum absolute atomic E-state index is 0.652. The van der Waals surface area contributed by atoms with Crippen molar-refractivity contribution in [3.05, 3.63) is 45.9 Å². The summed E-state index contributed by atoms with van der Waals surface area (Å²) in [6.45, 7) is 0. The average molecular weight is 238 g/mol. The van der Waals surface area contributed by atoms with Crippen molar-refractivity contribution in [2.75, 3.05) is 0 Å². The van der Waals surface area contributed by atoms with E-state index in [1.54, 1.807) is 24.3 Å². The number of benzene rings is 1. The number of aldehydes is 1. The van der Waals surface area contributed by atoms with Crippen LogP contribution in [0.3, 0.4) is 0 Å². The van der Waals surface area contributed by atoms with Gasteiger partial charge in [0.1, 0.15) is 6.29 Å². The average Bonchev–Trinajstić information content (AvgIpc) is 2.19. The zero-order chi connectivity index (χ0) is 10.1. The molecule has 0 radical (unpaired) electrons. The van der Waals surface area contributed by atoms with Crippen LogP contribution in [0.4, 0.5) is 0 Å². The van der Waals surface area contributed by atoms with Gasteiger partial charge in [0.25, 0.3) is 0 Å². The maximum Gasteiger partial charge on any atom is 0.150 e. The van der Waals surface area contributed by atoms with E-state index in [-0.39, 0.29) is 0 Å². The van der Waals surface area contributed by atoms with E-state index in [0.29, 0.717) is 10.6 Å². The Hall–Kier alpha value is -0.500. The Labute approximate surface area is 91.9 Å². The number of carbonyl (C=O) groups is 1. The van der Waals surface area contributed by atoms with E-state index in [9.17, 15) is 4.79 Å². The van der Waals surface area contributed by atoms with Crippen LogP contribution in [0.15, 0.2) is 35.3 Å². The summed E-state index contributed by atoms with van der Waals surface area (Å²) in [4.78, 5) is 10.1. The smallest absolute Gasteiger partial charge is 0.150 e. The summed E-state index contributed by atoms with van der Waals surface area (Å²) < 4.78 is 0. The molecule has 0 aliphatic heterocycles. The molecule has 1 aromatic carbocycles. The molecule has 0 bridgehead atoms. The third kappa shape index (κ3) is 6.64. The molecule has 1 rings (SSSR count). The van der Waals surface area contributed by atoms with Gasteiger partial charge in [0.2, 0.25) is 0 Å². The van der Waals surface area contributed by atoms with E-state index in [0.717, 1.165) is 6.29 Å². The summed E-state index contributed by atoms with van der Waals surface area (Å²) in [7, 11) is 0. The molecule has 0 spiro atoms. The van der Waals surface area contributed by atoms with E-state index in [1.807, 2.05) is 0 Å². The fourth-order valence-electron chi connectivity index (χ4n) is 0.541. The lowest BCUT2D eigenvalue weighted by atomic mass is 10.2. The van der Waals surface area contributed by atoms with E-state index in [1.165, 1.54) is 11.1 Å². The van der Waals surface area contributed by atoms with Gasteiger partial charge in [-0.15, -0.1) is 0 Å². The number of halogens is 3. The number of hydrogen-bond donors (Lipinski definition) is 0. The quantitative estimate of drug-likeness (QED) is 0.673. The molecular weight excluding hydrogens is 230 g/mol. The van der Waals surface area contributed by atoms with E-state index in [4.69, 9.17) is 34.8 Å². The summed E-state index contributed by atoms with van der Waals surface area (Å²) >= 11 is 15.3. The Kier molecular flexibility index (Phi) is 7.80. The molecule has 0 heterocycles. The van der Waals surface area contributed by atoms with Gasteiger partial charge in [-0.1, -0.05) is 46.9 Å². The van der Waals surface area contributed by atoms with Gasteiger partial charge in [0, 0.05) is 21.7 Å². The lowest BCUT2D eigenvalue weighted by Gasteiger charge is -1.87. The molecule has 0 aliphatic carbocycles. The molecule has 70 valence electrons. The predicted molar refractivity (Wildman–Crippen MR) is 57.7 cm³/mol. The summed E-state index contributed by atoms with van der Waals surface area (Å²) in [5, 5.41) is 0.653. The van der Waals surface area contributed by atoms with Crippen molar-refractivity contribution in [2.24, 2.45) is 0 Å². The van der Waals surface area contributed by atoms with Crippen LogP contribution in [-0.4, -0.2) is 6.29 Å². The third-order valence-electron chi connectivity index (χ3n) is 1.05. The van der Waals surface area contributed by atoms with Crippen molar-refractivity contribution in [3.63, 3.8) is 0 Å². The fraction of sp³-hybridized carbons (Fsp3) is 0. The van der Waals surface area contributed by atoms with Crippen LogP contribution in [0, 0.1) is 0 Å². The first kappa shape index (κ1) is 12.5. The molecule has 0 N–H and O–H groups in total. The predicted octanol–water partition coefficient (Wildman–Crippen LogP) is 4.09. The summed E-state index contributed by atoms with van der Waals surface area (Å²) in [6.07, 6.45) is 0.788. The molecule has 0 unspecified atom stereocenters. The minimum atomic E-state index is 0.652. The van der Waals surface area contributed by atoms with Crippen molar-refractivity contribution < 1.29 is 4.79 Å². The zero-order valence-electron chi connectivity index (χ0n) is 6.58. The molecule has 0 saturated carbocycles. The van der Waals surface area contributed by atoms with Gasteiger partial charge >= 0.3 is 0 Å². The van der Waals surface area contributed by atoms with Gasteiger partial charge in [-0.2, -0.15) is 0 Å². The standard InChI is InChI=1S/C7H5ClO.C2H2Cl2/c8-7-3-1-6(5-9)2-4-7;3-1-2-4/h1-5H;1-2H. The van der Waals surface area contributed by atoms with E-state index >= 15 is 0 Å². The molecule has 0 fully saturated rings. The third-order valence-corrected chi connectivity index (χ3v) is 1.69. The van der Waals surface area contributed by atoms with Crippen LogP contribution in [-0.2, 0) is 0 Å². The van der Waals surface area contributed by atoms with Crippen LogP contribution in [0.5, 0.6) is 0 Å². The Morgan fingerprint density at radius 1 is 1.00 bits per heavy atom. The van der Waals surface area contributed by atoms with Crippen LogP contribution < -0.4 is 0 Å². The zero-order valence-corrected chi connectivity index (χ0v) is 8.85. The van der Waals surface area contributed by atoms with E-state index in [2.05, 4.69) is 0 Å². The number of rotatable bonds is 1. The first-order chi connectivity index (χ1) is 6.24. The van der Waals surface area contributed by atoms with Crippen molar-refractivity contribution in [2.45, 2.75) is 0 Å². The molecule has 0 aromatic heterocycles. The minimum Gasteiger partial charge on any atom is -0.298 e. The largest absolute Gasteiger partial charge is 0.298 e. The van der Waals surface area contributed by atoms with Crippen LogP contribution in [0.1, 0.15) is 10.4 Å². The molecule has 1 nitrogen and oxygen atoms in total. The van der Waals surface area contributed by atoms with Gasteiger partial charge in [0.05, 0.1) is 0 Å². The molecule has 0 amide bonds. The van der Waals surface area contributed by atoms with Gasteiger partial charge in [-0.25, -0.2) is 0 Å². The Bertz CT molecular complexity index is 263. The second-order valence-corrected chi connectivity index (χ2v) is 2.86. The van der Waals surface area contributed by atoms with E-state index < -0.39 is 0 Å². The highest BCUT2D eigenvalue weighted by Crippen LogP contribution is 2.07. The fourth-order valence-corrected chi connectivity index (χ4v) is 0.667. The maximum absolute atomic E-state index is 10.1. The Balaban J connectivity index is 0.000000310. The van der Waals surface area contributed by atoms with Crippen LogP contribution >= 0.6 is 34.8 Å². The molecule has 1 aromatic rings. The second-order valence-electron chi connectivity index (χ2n) is 1.92. The van der Waals surface area contributed by atoms with Crippen LogP contribution in [0.2, 0.25) is 5.02 Å². The topological polar surface area (TPSA) is 17.1 Å². The molecule has 13 heavy (non-hydrogen) atoms. The van der Waals surface area contributed by atoms with Crippen molar-refractivity contribution in [1.82, 2.24) is 0 Å². The van der Waals surface area contributed by atoms with Crippen LogP contribution in [0.25, 0.3) is 0 Å². The maximum atomic E-state index is 10.1. The Morgan fingerprint density at radius 3 is 1.77 bits per heavy atom. The molecular formula is C9H7Cl3O. The van der Waals surface area contributed by atoms with Gasteiger partial charge in [-0.3, -0.25) is 4.79 Å². The molecule has 0 saturated heterocycles. The number of carbonyl (C=O) groups excluding carboxylic acids is 1.